The van der Waals surface area contributed by atoms with Crippen LogP contribution in [-0.4, -0.2) is 6.10 Å². The van der Waals surface area contributed by atoms with Crippen molar-refractivity contribution < 1.29 is 4.74 Å². The number of ether oxygens (including phenoxy) is 1. The van der Waals surface area contributed by atoms with Crippen LogP contribution in [0.5, 0.6) is 0 Å². The van der Waals surface area contributed by atoms with E-state index in [1.54, 1.807) is 0 Å². The molecule has 0 aliphatic carbocycles. The molecular weight excluding hydrogens is 124 g/mol. The lowest BCUT2D eigenvalue weighted by molar-refractivity contribution is 0.0611. The molecule has 0 aromatic carbocycles. The maximum Gasteiger partial charge on any atom is 0.102 e. The van der Waals surface area contributed by atoms with E-state index in [1.165, 1.54) is 6.26 Å². The largest absolute Gasteiger partial charge is 0.498 e. The van der Waals surface area contributed by atoms with Gasteiger partial charge in [0.25, 0.3) is 0 Å². The second-order valence-electron chi connectivity index (χ2n) is 3.26. The van der Waals surface area contributed by atoms with Gasteiger partial charge in [0, 0.05) is 0 Å². The van der Waals surface area contributed by atoms with Gasteiger partial charge in [-0.2, -0.15) is 0 Å². The molecule has 0 N–H and O–H groups in total. The summed E-state index contributed by atoms with van der Waals surface area (Å²) >= 11 is 0. The summed E-state index contributed by atoms with van der Waals surface area (Å²) in [5.74, 6) is 1.14. The van der Waals surface area contributed by atoms with Gasteiger partial charge in [0.15, 0.2) is 0 Å². The topological polar surface area (TPSA) is 9.23 Å². The van der Waals surface area contributed by atoms with Crippen molar-refractivity contribution in [2.75, 3.05) is 0 Å². The van der Waals surface area contributed by atoms with Gasteiger partial charge in [0.05, 0.1) is 6.26 Å². The first-order chi connectivity index (χ1) is 4.59. The van der Waals surface area contributed by atoms with Gasteiger partial charge in [-0.3, -0.25) is 0 Å². The Labute approximate surface area is 64.1 Å². The third-order valence-electron chi connectivity index (χ3n) is 1.57. The molecule has 0 radical (unpaired) electrons. The second kappa shape index (κ2) is 4.37. The van der Waals surface area contributed by atoms with E-state index < -0.39 is 0 Å². The number of rotatable bonds is 4. The minimum absolute atomic E-state index is 0.317. The van der Waals surface area contributed by atoms with Crippen LogP contribution in [0.4, 0.5) is 0 Å². The second-order valence-corrected chi connectivity index (χ2v) is 3.26. The summed E-state index contributed by atoms with van der Waals surface area (Å²) in [5, 5.41) is 0. The molecule has 0 fully saturated rings. The van der Waals surface area contributed by atoms with E-state index in [9.17, 15) is 0 Å². The van der Waals surface area contributed by atoms with Crippen molar-refractivity contribution in [1.29, 1.82) is 0 Å². The summed E-state index contributed by atoms with van der Waals surface area (Å²) in [5.41, 5.74) is 0. The predicted octanol–water partition coefficient (Wildman–Crippen LogP) is 2.83. The van der Waals surface area contributed by atoms with Crippen LogP contribution in [0.2, 0.25) is 0 Å². The Morgan fingerprint density at radius 2 is 1.50 bits per heavy atom. The van der Waals surface area contributed by atoms with Crippen LogP contribution in [-0.2, 0) is 4.74 Å². The molecule has 0 spiro atoms. The molecule has 10 heavy (non-hydrogen) atoms. The van der Waals surface area contributed by atoms with Crippen LogP contribution in [0.1, 0.15) is 27.7 Å². The van der Waals surface area contributed by atoms with E-state index in [1.807, 2.05) is 0 Å². The Kier molecular flexibility index (Phi) is 4.17. The van der Waals surface area contributed by atoms with E-state index in [-0.39, 0.29) is 0 Å². The third kappa shape index (κ3) is 2.90. The lowest BCUT2D eigenvalue weighted by Crippen LogP contribution is -2.23. The summed E-state index contributed by atoms with van der Waals surface area (Å²) in [6.07, 6.45) is 1.85. The average molecular weight is 142 g/mol. The average Bonchev–Trinajstić information content (AvgIpc) is 1.81. The Morgan fingerprint density at radius 1 is 1.10 bits per heavy atom. The summed E-state index contributed by atoms with van der Waals surface area (Å²) in [4.78, 5) is 0. The van der Waals surface area contributed by atoms with Crippen molar-refractivity contribution in [2.24, 2.45) is 11.8 Å². The van der Waals surface area contributed by atoms with Gasteiger partial charge < -0.3 is 4.74 Å². The van der Waals surface area contributed by atoms with Crippen LogP contribution in [0, 0.1) is 11.8 Å². The highest BCUT2D eigenvalue weighted by Crippen LogP contribution is 2.15. The molecule has 0 bridgehead atoms. The molecule has 0 aromatic heterocycles. The SMILES string of the molecule is C=COC(C(C)C)C(C)C. The van der Waals surface area contributed by atoms with E-state index in [4.69, 9.17) is 4.74 Å². The molecule has 0 rings (SSSR count). The molecule has 1 heteroatoms. The zero-order valence-electron chi connectivity index (χ0n) is 7.42. The first-order valence-corrected chi connectivity index (χ1v) is 3.86. The molecule has 0 heterocycles. The standard InChI is InChI=1S/C9H18O/c1-6-10-9(7(2)3)8(4)5/h6-9H,1H2,2-5H3. The first kappa shape index (κ1) is 9.54. The Bertz CT molecular complexity index is 86.9. The monoisotopic (exact) mass is 142 g/mol. The molecule has 0 aliphatic heterocycles. The van der Waals surface area contributed by atoms with Gasteiger partial charge in [-0.05, 0) is 11.8 Å². The fourth-order valence-corrected chi connectivity index (χ4v) is 1.20. The van der Waals surface area contributed by atoms with E-state index in [2.05, 4.69) is 34.3 Å². The fraction of sp³-hybridized carbons (Fsp3) is 0.778. The van der Waals surface area contributed by atoms with E-state index in [0.717, 1.165) is 0 Å². The molecule has 60 valence electrons. The molecular formula is C9H18O. The van der Waals surface area contributed by atoms with Crippen LogP contribution >= 0.6 is 0 Å². The molecule has 0 aromatic rings. The van der Waals surface area contributed by atoms with Gasteiger partial charge in [-0.25, -0.2) is 0 Å². The van der Waals surface area contributed by atoms with Crippen molar-refractivity contribution in [3.05, 3.63) is 12.8 Å². The first-order valence-electron chi connectivity index (χ1n) is 3.86. The van der Waals surface area contributed by atoms with Gasteiger partial charge in [-0.15, -0.1) is 0 Å². The van der Waals surface area contributed by atoms with Crippen LogP contribution in [0.25, 0.3) is 0 Å². The van der Waals surface area contributed by atoms with E-state index >= 15 is 0 Å². The zero-order chi connectivity index (χ0) is 8.15. The highest BCUT2D eigenvalue weighted by Gasteiger charge is 2.16. The van der Waals surface area contributed by atoms with E-state index in [0.29, 0.717) is 17.9 Å². The van der Waals surface area contributed by atoms with Crippen LogP contribution in [0.15, 0.2) is 12.8 Å². The molecule has 0 aliphatic rings. The van der Waals surface area contributed by atoms with Crippen molar-refractivity contribution in [2.45, 2.75) is 33.8 Å². The minimum atomic E-state index is 0.317. The van der Waals surface area contributed by atoms with Gasteiger partial charge in [0.2, 0.25) is 0 Å². The van der Waals surface area contributed by atoms with Crippen molar-refractivity contribution >= 4 is 0 Å². The third-order valence-corrected chi connectivity index (χ3v) is 1.57. The molecule has 1 nitrogen and oxygen atoms in total. The quantitative estimate of drug-likeness (QED) is 0.548. The number of hydrogen-bond donors (Lipinski definition) is 0. The van der Waals surface area contributed by atoms with Gasteiger partial charge in [0.1, 0.15) is 6.10 Å². The molecule has 0 atom stereocenters. The smallest absolute Gasteiger partial charge is 0.102 e. The predicted molar refractivity (Wildman–Crippen MR) is 44.7 cm³/mol. The lowest BCUT2D eigenvalue weighted by Gasteiger charge is -2.23. The minimum Gasteiger partial charge on any atom is -0.498 e. The maximum absolute atomic E-state index is 5.33. The fourth-order valence-electron chi connectivity index (χ4n) is 1.20. The lowest BCUT2D eigenvalue weighted by atomic mass is 9.96. The number of hydrogen-bond acceptors (Lipinski definition) is 1. The molecule has 0 saturated heterocycles. The molecule has 0 amide bonds. The Balaban J connectivity index is 3.84. The van der Waals surface area contributed by atoms with Crippen molar-refractivity contribution in [3.63, 3.8) is 0 Å². The highest BCUT2D eigenvalue weighted by atomic mass is 16.5. The maximum atomic E-state index is 5.33. The van der Waals surface area contributed by atoms with Crippen LogP contribution < -0.4 is 0 Å². The zero-order valence-corrected chi connectivity index (χ0v) is 7.42. The van der Waals surface area contributed by atoms with Crippen molar-refractivity contribution in [3.8, 4) is 0 Å². The Hall–Kier alpha value is -0.460. The Morgan fingerprint density at radius 3 is 1.60 bits per heavy atom. The molecule has 0 saturated carbocycles. The normalized spacial score (nSPS) is 11.1. The van der Waals surface area contributed by atoms with Gasteiger partial charge in [-0.1, -0.05) is 34.3 Å². The molecule has 0 unspecified atom stereocenters. The summed E-state index contributed by atoms with van der Waals surface area (Å²) < 4.78 is 5.33. The highest BCUT2D eigenvalue weighted by molar-refractivity contribution is 4.69. The summed E-state index contributed by atoms with van der Waals surface area (Å²) in [6.45, 7) is 12.2. The van der Waals surface area contributed by atoms with Crippen molar-refractivity contribution in [1.82, 2.24) is 0 Å². The van der Waals surface area contributed by atoms with Crippen LogP contribution in [0.3, 0.4) is 0 Å². The van der Waals surface area contributed by atoms with Gasteiger partial charge >= 0.3 is 0 Å². The summed E-state index contributed by atoms with van der Waals surface area (Å²) in [6, 6.07) is 0. The summed E-state index contributed by atoms with van der Waals surface area (Å²) in [7, 11) is 0.